The molecular formula is C13H17N5O2. The van der Waals surface area contributed by atoms with Gasteiger partial charge in [0.05, 0.1) is 11.5 Å². The molecule has 0 amide bonds. The van der Waals surface area contributed by atoms with E-state index >= 15 is 0 Å². The summed E-state index contributed by atoms with van der Waals surface area (Å²) in [5, 5.41) is 18.5. The van der Waals surface area contributed by atoms with Crippen LogP contribution in [0.25, 0.3) is 5.69 Å². The van der Waals surface area contributed by atoms with Gasteiger partial charge in [-0.05, 0) is 26.8 Å². The zero-order valence-corrected chi connectivity index (χ0v) is 11.7. The fourth-order valence-corrected chi connectivity index (χ4v) is 1.73. The Morgan fingerprint density at radius 2 is 2.05 bits per heavy atom. The summed E-state index contributed by atoms with van der Waals surface area (Å²) in [7, 11) is 0. The highest BCUT2D eigenvalue weighted by molar-refractivity contribution is 5.51. The second-order valence-electron chi connectivity index (χ2n) is 5.44. The van der Waals surface area contributed by atoms with Crippen LogP contribution in [0.3, 0.4) is 0 Å². The SMILES string of the molecule is CC(C)(C)NCc1ncnn1-c1ccccc1[N+](=O)[O-]. The number of nitro groups is 1. The van der Waals surface area contributed by atoms with Gasteiger partial charge in [0.25, 0.3) is 5.69 Å². The molecule has 7 nitrogen and oxygen atoms in total. The van der Waals surface area contributed by atoms with Crippen molar-refractivity contribution in [3.63, 3.8) is 0 Å². The van der Waals surface area contributed by atoms with E-state index in [0.717, 1.165) is 0 Å². The number of nitrogens with zero attached hydrogens (tertiary/aromatic N) is 4. The second kappa shape index (κ2) is 5.38. The number of rotatable bonds is 4. The number of benzene rings is 1. The molecule has 20 heavy (non-hydrogen) atoms. The molecule has 1 aromatic heterocycles. The van der Waals surface area contributed by atoms with Gasteiger partial charge in [-0.15, -0.1) is 0 Å². The first-order chi connectivity index (χ1) is 9.38. The van der Waals surface area contributed by atoms with E-state index in [4.69, 9.17) is 0 Å². The van der Waals surface area contributed by atoms with Crippen LogP contribution in [-0.4, -0.2) is 25.2 Å². The molecule has 0 radical (unpaired) electrons. The number of para-hydroxylation sites is 2. The Hall–Kier alpha value is -2.28. The van der Waals surface area contributed by atoms with Crippen LogP contribution < -0.4 is 5.32 Å². The molecule has 7 heteroatoms. The maximum atomic E-state index is 11.1. The number of hydrogen-bond donors (Lipinski definition) is 1. The van der Waals surface area contributed by atoms with Crippen molar-refractivity contribution in [1.29, 1.82) is 0 Å². The Kier molecular flexibility index (Phi) is 3.80. The van der Waals surface area contributed by atoms with Crippen LogP contribution in [-0.2, 0) is 6.54 Å². The van der Waals surface area contributed by atoms with E-state index in [0.29, 0.717) is 18.1 Å². The van der Waals surface area contributed by atoms with Crippen molar-refractivity contribution in [1.82, 2.24) is 20.1 Å². The monoisotopic (exact) mass is 275 g/mol. The van der Waals surface area contributed by atoms with Crippen molar-refractivity contribution in [2.75, 3.05) is 0 Å². The van der Waals surface area contributed by atoms with Gasteiger partial charge in [-0.3, -0.25) is 10.1 Å². The molecule has 0 saturated heterocycles. The van der Waals surface area contributed by atoms with E-state index in [1.807, 2.05) is 20.8 Å². The van der Waals surface area contributed by atoms with Gasteiger partial charge in [0.15, 0.2) is 0 Å². The molecular weight excluding hydrogens is 258 g/mol. The van der Waals surface area contributed by atoms with Crippen LogP contribution in [0.4, 0.5) is 5.69 Å². The lowest BCUT2D eigenvalue weighted by Gasteiger charge is -2.20. The summed E-state index contributed by atoms with van der Waals surface area (Å²) < 4.78 is 1.50. The van der Waals surface area contributed by atoms with Gasteiger partial charge in [0, 0.05) is 11.6 Å². The third-order valence-corrected chi connectivity index (χ3v) is 2.70. The molecule has 0 unspecified atom stereocenters. The number of nitro benzene ring substituents is 1. The summed E-state index contributed by atoms with van der Waals surface area (Å²) in [5.41, 5.74) is 0.357. The van der Waals surface area contributed by atoms with Crippen LogP contribution in [0.1, 0.15) is 26.6 Å². The summed E-state index contributed by atoms with van der Waals surface area (Å²) in [6.45, 7) is 6.60. The van der Waals surface area contributed by atoms with Crippen molar-refractivity contribution in [3.8, 4) is 5.69 Å². The summed E-state index contributed by atoms with van der Waals surface area (Å²) in [5.74, 6) is 0.634. The molecule has 0 bridgehead atoms. The standard InChI is InChI=1S/C13H17N5O2/c1-13(2,3)15-8-12-14-9-16-17(12)10-6-4-5-7-11(10)18(19)20/h4-7,9,15H,8H2,1-3H3. The Bertz CT molecular complexity index is 615. The van der Waals surface area contributed by atoms with Crippen molar-refractivity contribution in [3.05, 3.63) is 46.5 Å². The minimum absolute atomic E-state index is 0.00927. The van der Waals surface area contributed by atoms with Gasteiger partial charge in [0.2, 0.25) is 0 Å². The maximum absolute atomic E-state index is 11.1. The zero-order valence-electron chi connectivity index (χ0n) is 11.7. The number of nitrogens with one attached hydrogen (secondary N) is 1. The van der Waals surface area contributed by atoms with Gasteiger partial charge in [-0.2, -0.15) is 5.10 Å². The van der Waals surface area contributed by atoms with Crippen LogP contribution in [0, 0.1) is 10.1 Å². The van der Waals surface area contributed by atoms with Crippen molar-refractivity contribution in [2.45, 2.75) is 32.9 Å². The molecule has 1 N–H and O–H groups in total. The van der Waals surface area contributed by atoms with Gasteiger partial charge in [-0.25, -0.2) is 9.67 Å². The molecule has 1 aromatic carbocycles. The van der Waals surface area contributed by atoms with E-state index in [2.05, 4.69) is 15.4 Å². The molecule has 1 heterocycles. The maximum Gasteiger partial charge on any atom is 0.294 e. The average molecular weight is 275 g/mol. The molecule has 0 atom stereocenters. The smallest absolute Gasteiger partial charge is 0.294 e. The van der Waals surface area contributed by atoms with Crippen molar-refractivity contribution >= 4 is 5.69 Å². The van der Waals surface area contributed by atoms with Crippen LogP contribution in [0.2, 0.25) is 0 Å². The fourth-order valence-electron chi connectivity index (χ4n) is 1.73. The number of hydrogen-bond acceptors (Lipinski definition) is 5. The molecule has 0 aliphatic heterocycles. The summed E-state index contributed by atoms with van der Waals surface area (Å²) in [6, 6.07) is 6.49. The lowest BCUT2D eigenvalue weighted by Crippen LogP contribution is -2.36. The Labute approximate surface area is 116 Å². The Balaban J connectivity index is 2.35. The van der Waals surface area contributed by atoms with E-state index in [1.54, 1.807) is 18.2 Å². The largest absolute Gasteiger partial charge is 0.305 e. The van der Waals surface area contributed by atoms with Crippen LogP contribution >= 0.6 is 0 Å². The molecule has 2 rings (SSSR count). The fraction of sp³-hybridized carbons (Fsp3) is 0.385. The summed E-state index contributed by atoms with van der Waals surface area (Å²) >= 11 is 0. The van der Waals surface area contributed by atoms with Crippen molar-refractivity contribution in [2.24, 2.45) is 0 Å². The van der Waals surface area contributed by atoms with Gasteiger partial charge < -0.3 is 5.32 Å². The Morgan fingerprint density at radius 1 is 1.35 bits per heavy atom. The first-order valence-electron chi connectivity index (χ1n) is 6.26. The molecule has 0 spiro atoms. The summed E-state index contributed by atoms with van der Waals surface area (Å²) in [6.07, 6.45) is 1.40. The van der Waals surface area contributed by atoms with E-state index in [-0.39, 0.29) is 11.2 Å². The molecule has 0 aliphatic carbocycles. The van der Waals surface area contributed by atoms with Crippen molar-refractivity contribution < 1.29 is 4.92 Å². The summed E-state index contributed by atoms with van der Waals surface area (Å²) in [4.78, 5) is 14.8. The number of aromatic nitrogens is 3. The van der Waals surface area contributed by atoms with E-state index in [9.17, 15) is 10.1 Å². The first-order valence-corrected chi connectivity index (χ1v) is 6.26. The van der Waals surface area contributed by atoms with E-state index < -0.39 is 4.92 Å². The van der Waals surface area contributed by atoms with E-state index in [1.165, 1.54) is 17.1 Å². The zero-order chi connectivity index (χ0) is 14.8. The third kappa shape index (κ3) is 3.18. The Morgan fingerprint density at radius 3 is 2.70 bits per heavy atom. The predicted octanol–water partition coefficient (Wildman–Crippen LogP) is 2.06. The molecule has 0 aliphatic rings. The molecule has 0 saturated carbocycles. The predicted molar refractivity (Wildman–Crippen MR) is 74.6 cm³/mol. The first kappa shape index (κ1) is 14.1. The van der Waals surface area contributed by atoms with Crippen LogP contribution in [0.5, 0.6) is 0 Å². The van der Waals surface area contributed by atoms with Gasteiger partial charge in [0.1, 0.15) is 17.8 Å². The average Bonchev–Trinajstić information content (AvgIpc) is 2.83. The molecule has 2 aromatic rings. The normalized spacial score (nSPS) is 11.6. The van der Waals surface area contributed by atoms with Gasteiger partial charge >= 0.3 is 0 Å². The molecule has 106 valence electrons. The minimum atomic E-state index is -0.419. The minimum Gasteiger partial charge on any atom is -0.305 e. The highest BCUT2D eigenvalue weighted by atomic mass is 16.6. The lowest BCUT2D eigenvalue weighted by atomic mass is 10.1. The highest BCUT2D eigenvalue weighted by Crippen LogP contribution is 2.22. The highest BCUT2D eigenvalue weighted by Gasteiger charge is 2.18. The topological polar surface area (TPSA) is 85.9 Å². The molecule has 0 fully saturated rings. The second-order valence-corrected chi connectivity index (χ2v) is 5.44. The van der Waals surface area contributed by atoms with Gasteiger partial charge in [-0.1, -0.05) is 12.1 Å². The quantitative estimate of drug-likeness (QED) is 0.682. The lowest BCUT2D eigenvalue weighted by molar-refractivity contribution is -0.384. The third-order valence-electron chi connectivity index (χ3n) is 2.70. The van der Waals surface area contributed by atoms with Crippen LogP contribution in [0.15, 0.2) is 30.6 Å².